The lowest BCUT2D eigenvalue weighted by Crippen LogP contribution is -2.45. The molecule has 1 aliphatic heterocycles. The number of rotatable bonds is 6. The second-order valence-corrected chi connectivity index (χ2v) is 9.71. The summed E-state index contributed by atoms with van der Waals surface area (Å²) in [4.78, 5) is 14.9. The van der Waals surface area contributed by atoms with Gasteiger partial charge in [-0.05, 0) is 92.5 Å². The van der Waals surface area contributed by atoms with Crippen LogP contribution in [0, 0.1) is 11.8 Å². The molecular formula is C27H34F3N3O2. The van der Waals surface area contributed by atoms with Gasteiger partial charge in [0.2, 0.25) is 0 Å². The summed E-state index contributed by atoms with van der Waals surface area (Å²) in [5.41, 5.74) is 0.953. The van der Waals surface area contributed by atoms with Gasteiger partial charge in [0, 0.05) is 30.5 Å². The lowest BCUT2D eigenvalue weighted by molar-refractivity contribution is -0.137. The van der Waals surface area contributed by atoms with Gasteiger partial charge < -0.3 is 20.3 Å². The molecule has 190 valence electrons. The molecule has 0 bridgehead atoms. The van der Waals surface area contributed by atoms with Gasteiger partial charge in [0.15, 0.2) is 0 Å². The Bertz CT molecular complexity index is 963. The first kappa shape index (κ1) is 25.2. The number of nitrogens with zero attached hydrogens (tertiary/aromatic N) is 1. The molecular weight excluding hydrogens is 455 g/mol. The summed E-state index contributed by atoms with van der Waals surface area (Å²) in [6, 6.07) is 12.7. The molecule has 4 rings (SSSR count). The number of carbonyl (C=O) groups is 1. The number of hydrogen-bond donors (Lipinski definition) is 2. The zero-order valence-corrected chi connectivity index (χ0v) is 20.1. The number of nitrogens with one attached hydrogen (secondary N) is 2. The highest BCUT2D eigenvalue weighted by molar-refractivity contribution is 5.89. The first-order valence-corrected chi connectivity index (χ1v) is 12.5. The van der Waals surface area contributed by atoms with E-state index >= 15 is 0 Å². The van der Waals surface area contributed by atoms with E-state index in [1.54, 1.807) is 19.2 Å². The predicted molar refractivity (Wildman–Crippen MR) is 132 cm³/mol. The molecule has 1 saturated heterocycles. The van der Waals surface area contributed by atoms with E-state index in [9.17, 15) is 18.0 Å². The van der Waals surface area contributed by atoms with Gasteiger partial charge in [-0.1, -0.05) is 12.8 Å². The molecule has 3 atom stereocenters. The van der Waals surface area contributed by atoms with Crippen LogP contribution in [0.15, 0.2) is 48.5 Å². The Balaban J connectivity index is 1.32. The largest absolute Gasteiger partial charge is 0.497 e. The molecule has 1 heterocycles. The third-order valence-corrected chi connectivity index (χ3v) is 7.29. The van der Waals surface area contributed by atoms with E-state index in [0.29, 0.717) is 11.8 Å². The van der Waals surface area contributed by atoms with E-state index in [1.807, 2.05) is 24.3 Å². The van der Waals surface area contributed by atoms with Gasteiger partial charge in [-0.2, -0.15) is 13.2 Å². The SMILES string of the molecule is COc1ccc(NC(=O)N[C@@H]2CCCC[C@H]2C[C@H]2CCCN(c3ccc(C(F)(F)F)cc3)C2)cc1. The number of methoxy groups -OCH3 is 1. The Labute approximate surface area is 205 Å². The van der Waals surface area contributed by atoms with Crippen LogP contribution >= 0.6 is 0 Å². The quantitative estimate of drug-likeness (QED) is 0.475. The molecule has 2 fully saturated rings. The van der Waals surface area contributed by atoms with Crippen molar-refractivity contribution in [1.82, 2.24) is 5.32 Å². The Morgan fingerprint density at radius 1 is 1.00 bits per heavy atom. The zero-order chi connectivity index (χ0) is 24.8. The van der Waals surface area contributed by atoms with Crippen LogP contribution in [0.4, 0.5) is 29.3 Å². The molecule has 0 aromatic heterocycles. The molecule has 5 nitrogen and oxygen atoms in total. The number of piperidine rings is 1. The van der Waals surface area contributed by atoms with Crippen molar-refractivity contribution in [3.05, 3.63) is 54.1 Å². The lowest BCUT2D eigenvalue weighted by atomic mass is 9.77. The smallest absolute Gasteiger partial charge is 0.416 e. The van der Waals surface area contributed by atoms with Gasteiger partial charge >= 0.3 is 12.2 Å². The number of anilines is 2. The Kier molecular flexibility index (Phi) is 8.08. The van der Waals surface area contributed by atoms with E-state index in [4.69, 9.17) is 4.74 Å². The van der Waals surface area contributed by atoms with Crippen molar-refractivity contribution in [2.45, 2.75) is 57.2 Å². The highest BCUT2D eigenvalue weighted by Gasteiger charge is 2.32. The number of ether oxygens (including phenoxy) is 1. The summed E-state index contributed by atoms with van der Waals surface area (Å²) < 4.78 is 43.9. The molecule has 2 aliphatic rings. The summed E-state index contributed by atoms with van der Waals surface area (Å²) in [5.74, 6) is 1.60. The van der Waals surface area contributed by atoms with Crippen molar-refractivity contribution in [3.63, 3.8) is 0 Å². The van der Waals surface area contributed by atoms with E-state index in [0.717, 1.165) is 75.2 Å². The molecule has 1 saturated carbocycles. The highest BCUT2D eigenvalue weighted by Crippen LogP contribution is 2.35. The molecule has 0 unspecified atom stereocenters. The van der Waals surface area contributed by atoms with Crippen LogP contribution in [0.2, 0.25) is 0 Å². The third-order valence-electron chi connectivity index (χ3n) is 7.29. The van der Waals surface area contributed by atoms with Gasteiger partial charge in [0.05, 0.1) is 12.7 Å². The summed E-state index contributed by atoms with van der Waals surface area (Å²) in [7, 11) is 1.60. The number of hydrogen-bond acceptors (Lipinski definition) is 3. The fraction of sp³-hybridized carbons (Fsp3) is 0.519. The first-order chi connectivity index (χ1) is 16.8. The number of amides is 2. The molecule has 1 aliphatic carbocycles. The number of halogens is 3. The first-order valence-electron chi connectivity index (χ1n) is 12.5. The second kappa shape index (κ2) is 11.2. The monoisotopic (exact) mass is 489 g/mol. The van der Waals surface area contributed by atoms with Crippen LogP contribution in [-0.2, 0) is 6.18 Å². The van der Waals surface area contributed by atoms with Crippen molar-refractivity contribution in [1.29, 1.82) is 0 Å². The van der Waals surface area contributed by atoms with Crippen molar-refractivity contribution in [2.75, 3.05) is 30.4 Å². The maximum Gasteiger partial charge on any atom is 0.416 e. The van der Waals surface area contributed by atoms with Crippen molar-refractivity contribution < 1.29 is 22.7 Å². The fourth-order valence-corrected chi connectivity index (χ4v) is 5.47. The van der Waals surface area contributed by atoms with Crippen LogP contribution in [0.3, 0.4) is 0 Å². The average molecular weight is 490 g/mol. The molecule has 2 aromatic rings. The van der Waals surface area contributed by atoms with Crippen LogP contribution in [0.25, 0.3) is 0 Å². The highest BCUT2D eigenvalue weighted by atomic mass is 19.4. The molecule has 0 radical (unpaired) electrons. The van der Waals surface area contributed by atoms with Gasteiger partial charge in [-0.15, -0.1) is 0 Å². The van der Waals surface area contributed by atoms with Crippen LogP contribution in [0.5, 0.6) is 5.75 Å². The van der Waals surface area contributed by atoms with Crippen LogP contribution in [0.1, 0.15) is 50.5 Å². The van der Waals surface area contributed by atoms with E-state index in [-0.39, 0.29) is 12.1 Å². The second-order valence-electron chi connectivity index (χ2n) is 9.71. The predicted octanol–water partition coefficient (Wildman–Crippen LogP) is 6.70. The molecule has 2 N–H and O–H groups in total. The molecule has 2 amide bonds. The third kappa shape index (κ3) is 6.83. The normalized spacial score (nSPS) is 23.0. The Morgan fingerprint density at radius 2 is 1.71 bits per heavy atom. The van der Waals surface area contributed by atoms with E-state index in [2.05, 4.69) is 15.5 Å². The minimum absolute atomic E-state index is 0.128. The maximum absolute atomic E-state index is 12.9. The zero-order valence-electron chi connectivity index (χ0n) is 20.1. The summed E-state index contributed by atoms with van der Waals surface area (Å²) in [6.07, 6.45) is 3.16. The number of benzene rings is 2. The Hall–Kier alpha value is -2.90. The minimum atomic E-state index is -4.31. The van der Waals surface area contributed by atoms with Crippen molar-refractivity contribution in [2.24, 2.45) is 11.8 Å². The fourth-order valence-electron chi connectivity index (χ4n) is 5.47. The Morgan fingerprint density at radius 3 is 2.40 bits per heavy atom. The number of carbonyl (C=O) groups excluding carboxylic acids is 1. The standard InChI is InChI=1S/C27H34F3N3O2/c1-35-24-14-10-22(11-15-24)31-26(34)32-25-7-3-2-6-20(25)17-19-5-4-16-33(18-19)23-12-8-21(9-13-23)27(28,29)30/h8-15,19-20,25H,2-7,16-18H2,1H3,(H2,31,32,34)/t19-,20+,25-/m1/s1. The topological polar surface area (TPSA) is 53.6 Å². The average Bonchev–Trinajstić information content (AvgIpc) is 2.85. The summed E-state index contributed by atoms with van der Waals surface area (Å²) in [6.45, 7) is 1.70. The maximum atomic E-state index is 12.9. The van der Waals surface area contributed by atoms with Gasteiger partial charge in [-0.3, -0.25) is 0 Å². The number of urea groups is 1. The number of alkyl halides is 3. The van der Waals surface area contributed by atoms with Crippen LogP contribution < -0.4 is 20.3 Å². The molecule has 2 aromatic carbocycles. The van der Waals surface area contributed by atoms with Crippen LogP contribution in [-0.4, -0.2) is 32.3 Å². The van der Waals surface area contributed by atoms with Crippen molar-refractivity contribution in [3.8, 4) is 5.75 Å². The molecule has 8 heteroatoms. The summed E-state index contributed by atoms with van der Waals surface area (Å²) in [5, 5.41) is 6.11. The van der Waals surface area contributed by atoms with Gasteiger partial charge in [0.25, 0.3) is 0 Å². The molecule has 0 spiro atoms. The minimum Gasteiger partial charge on any atom is -0.497 e. The lowest BCUT2D eigenvalue weighted by Gasteiger charge is -2.39. The van der Waals surface area contributed by atoms with E-state index < -0.39 is 11.7 Å². The summed E-state index contributed by atoms with van der Waals surface area (Å²) >= 11 is 0. The van der Waals surface area contributed by atoms with Crippen molar-refractivity contribution >= 4 is 17.4 Å². The van der Waals surface area contributed by atoms with Gasteiger partial charge in [0.1, 0.15) is 5.75 Å². The molecule has 35 heavy (non-hydrogen) atoms. The van der Waals surface area contributed by atoms with E-state index in [1.165, 1.54) is 12.1 Å². The van der Waals surface area contributed by atoms with Gasteiger partial charge in [-0.25, -0.2) is 4.79 Å².